The summed E-state index contributed by atoms with van der Waals surface area (Å²) in [5.74, 6) is 1.50. The fourth-order valence-electron chi connectivity index (χ4n) is 2.59. The minimum Gasteiger partial charge on any atom is -0.497 e. The first-order chi connectivity index (χ1) is 10.5. The Morgan fingerprint density at radius 1 is 1.09 bits per heavy atom. The van der Waals surface area contributed by atoms with Gasteiger partial charge in [-0.1, -0.05) is 24.3 Å². The van der Waals surface area contributed by atoms with Crippen molar-refractivity contribution in [3.8, 4) is 11.5 Å². The van der Waals surface area contributed by atoms with E-state index in [1.807, 2.05) is 48.5 Å². The lowest BCUT2D eigenvalue weighted by Gasteiger charge is -2.38. The summed E-state index contributed by atoms with van der Waals surface area (Å²) in [6.07, 6.45) is 0. The van der Waals surface area contributed by atoms with E-state index in [1.165, 1.54) is 0 Å². The third-order valence-electron chi connectivity index (χ3n) is 3.78. The van der Waals surface area contributed by atoms with Crippen LogP contribution in [-0.2, 0) is 11.3 Å². The van der Waals surface area contributed by atoms with Crippen LogP contribution in [0.5, 0.6) is 11.5 Å². The lowest BCUT2D eigenvalue weighted by atomic mass is 10.0. The van der Waals surface area contributed by atoms with Crippen LogP contribution in [0.15, 0.2) is 48.5 Å². The molecule has 0 unspecified atom stereocenters. The monoisotopic (exact) mass is 297 g/mol. The van der Waals surface area contributed by atoms with Crippen molar-refractivity contribution in [1.82, 2.24) is 0 Å². The highest BCUT2D eigenvalue weighted by Crippen LogP contribution is 2.38. The van der Waals surface area contributed by atoms with Crippen molar-refractivity contribution in [3.05, 3.63) is 54.1 Å². The molecule has 2 aromatic rings. The molecule has 0 saturated heterocycles. The number of fused-ring (bicyclic) bond motifs is 1. The summed E-state index contributed by atoms with van der Waals surface area (Å²) in [6.45, 7) is 4.10. The van der Waals surface area contributed by atoms with Gasteiger partial charge in [-0.15, -0.1) is 0 Å². The molecule has 1 amide bonds. The van der Waals surface area contributed by atoms with Crippen molar-refractivity contribution in [2.24, 2.45) is 0 Å². The zero-order valence-electron chi connectivity index (χ0n) is 13.0. The summed E-state index contributed by atoms with van der Waals surface area (Å²) in [5.41, 5.74) is 0.991. The number of carbonyl (C=O) groups is 1. The summed E-state index contributed by atoms with van der Waals surface area (Å²) in [5, 5.41) is 0. The number of hydrogen-bond donors (Lipinski definition) is 0. The lowest BCUT2D eigenvalue weighted by Crippen LogP contribution is -2.52. The van der Waals surface area contributed by atoms with E-state index in [0.29, 0.717) is 6.54 Å². The fraction of sp³-hybridized carbons (Fsp3) is 0.278. The second kappa shape index (κ2) is 5.37. The Labute approximate surface area is 130 Å². The van der Waals surface area contributed by atoms with Gasteiger partial charge in [0.1, 0.15) is 11.5 Å². The molecule has 1 aliphatic heterocycles. The highest BCUT2D eigenvalue weighted by Gasteiger charge is 2.40. The van der Waals surface area contributed by atoms with E-state index in [1.54, 1.807) is 25.9 Å². The quantitative estimate of drug-likeness (QED) is 0.871. The van der Waals surface area contributed by atoms with Gasteiger partial charge >= 0.3 is 0 Å². The Hall–Kier alpha value is -2.49. The number of nitrogens with zero attached hydrogens (tertiary/aromatic N) is 1. The molecule has 22 heavy (non-hydrogen) atoms. The summed E-state index contributed by atoms with van der Waals surface area (Å²) in [7, 11) is 1.64. The van der Waals surface area contributed by atoms with Crippen LogP contribution < -0.4 is 14.4 Å². The van der Waals surface area contributed by atoms with Crippen LogP contribution in [0.25, 0.3) is 0 Å². The summed E-state index contributed by atoms with van der Waals surface area (Å²) >= 11 is 0. The van der Waals surface area contributed by atoms with E-state index in [-0.39, 0.29) is 5.91 Å². The zero-order chi connectivity index (χ0) is 15.7. The maximum absolute atomic E-state index is 12.7. The number of amides is 1. The summed E-state index contributed by atoms with van der Waals surface area (Å²) in [6, 6.07) is 15.4. The molecule has 0 spiro atoms. The molecule has 2 aromatic carbocycles. The second-order valence-electron chi connectivity index (χ2n) is 5.82. The molecule has 0 fully saturated rings. The van der Waals surface area contributed by atoms with Crippen LogP contribution in [0, 0.1) is 0 Å². The molecule has 114 valence electrons. The van der Waals surface area contributed by atoms with Gasteiger partial charge < -0.3 is 14.4 Å². The van der Waals surface area contributed by atoms with Crippen molar-refractivity contribution in [2.75, 3.05) is 12.0 Å². The minimum absolute atomic E-state index is 0.0398. The van der Waals surface area contributed by atoms with E-state index < -0.39 is 5.60 Å². The maximum atomic E-state index is 12.7. The number of carbonyl (C=O) groups excluding carboxylic acids is 1. The van der Waals surface area contributed by atoms with Crippen LogP contribution >= 0.6 is 0 Å². The predicted octanol–water partition coefficient (Wildman–Crippen LogP) is 3.40. The van der Waals surface area contributed by atoms with Gasteiger partial charge in [0.15, 0.2) is 5.60 Å². The number of methoxy groups -OCH3 is 1. The molecule has 0 bridgehead atoms. The second-order valence-corrected chi connectivity index (χ2v) is 5.82. The molecule has 0 radical (unpaired) electrons. The van der Waals surface area contributed by atoms with E-state index in [4.69, 9.17) is 9.47 Å². The first kappa shape index (κ1) is 14.4. The van der Waals surface area contributed by atoms with Gasteiger partial charge in [-0.25, -0.2) is 0 Å². The maximum Gasteiger partial charge on any atom is 0.271 e. The first-order valence-electron chi connectivity index (χ1n) is 7.24. The van der Waals surface area contributed by atoms with Crippen LogP contribution in [0.1, 0.15) is 19.4 Å². The van der Waals surface area contributed by atoms with Gasteiger partial charge in [-0.2, -0.15) is 0 Å². The van der Waals surface area contributed by atoms with Crippen molar-refractivity contribution < 1.29 is 14.3 Å². The third-order valence-corrected chi connectivity index (χ3v) is 3.78. The molecule has 1 heterocycles. The largest absolute Gasteiger partial charge is 0.497 e. The van der Waals surface area contributed by atoms with Gasteiger partial charge in [0.05, 0.1) is 19.3 Å². The Bertz CT molecular complexity index is 692. The Morgan fingerprint density at radius 3 is 2.45 bits per heavy atom. The molecule has 0 aliphatic carbocycles. The molecule has 1 aliphatic rings. The van der Waals surface area contributed by atoms with E-state index >= 15 is 0 Å². The van der Waals surface area contributed by atoms with Gasteiger partial charge in [0.25, 0.3) is 5.91 Å². The molecule has 4 heteroatoms. The highest BCUT2D eigenvalue weighted by atomic mass is 16.5. The lowest BCUT2D eigenvalue weighted by molar-refractivity contribution is -0.132. The standard InChI is InChI=1S/C18H19NO3/c1-18(2)17(20)19(15-6-4-5-7-16(15)22-18)12-13-8-10-14(21-3)11-9-13/h4-11H,12H2,1-3H3. The zero-order valence-corrected chi connectivity index (χ0v) is 13.0. The van der Waals surface area contributed by atoms with Gasteiger partial charge in [-0.3, -0.25) is 4.79 Å². The van der Waals surface area contributed by atoms with Gasteiger partial charge in [-0.05, 0) is 43.7 Å². The molecule has 0 aromatic heterocycles. The van der Waals surface area contributed by atoms with Crippen LogP contribution in [0.2, 0.25) is 0 Å². The summed E-state index contributed by atoms with van der Waals surface area (Å²) < 4.78 is 11.0. The molecular formula is C18H19NO3. The molecule has 3 rings (SSSR count). The number of benzene rings is 2. The van der Waals surface area contributed by atoms with Crippen molar-refractivity contribution in [1.29, 1.82) is 0 Å². The average molecular weight is 297 g/mol. The molecule has 0 atom stereocenters. The molecule has 0 saturated carbocycles. The summed E-state index contributed by atoms with van der Waals surface area (Å²) in [4.78, 5) is 14.5. The van der Waals surface area contributed by atoms with E-state index in [0.717, 1.165) is 22.7 Å². The molecule has 4 nitrogen and oxygen atoms in total. The number of ether oxygens (including phenoxy) is 2. The number of anilines is 1. The normalized spacial score (nSPS) is 16.0. The highest BCUT2D eigenvalue weighted by molar-refractivity contribution is 6.02. The third kappa shape index (κ3) is 2.52. The molecular weight excluding hydrogens is 278 g/mol. The fourth-order valence-corrected chi connectivity index (χ4v) is 2.59. The first-order valence-corrected chi connectivity index (χ1v) is 7.24. The van der Waals surface area contributed by atoms with Crippen LogP contribution in [0.4, 0.5) is 5.69 Å². The van der Waals surface area contributed by atoms with Crippen molar-refractivity contribution >= 4 is 11.6 Å². The Balaban J connectivity index is 1.95. The van der Waals surface area contributed by atoms with Gasteiger partial charge in [0.2, 0.25) is 0 Å². The predicted molar refractivity (Wildman–Crippen MR) is 85.3 cm³/mol. The Kier molecular flexibility index (Phi) is 3.53. The smallest absolute Gasteiger partial charge is 0.271 e. The molecule has 0 N–H and O–H groups in total. The van der Waals surface area contributed by atoms with E-state index in [2.05, 4.69) is 0 Å². The van der Waals surface area contributed by atoms with Crippen molar-refractivity contribution in [2.45, 2.75) is 26.0 Å². The van der Waals surface area contributed by atoms with Gasteiger partial charge in [0, 0.05) is 0 Å². The number of para-hydroxylation sites is 2. The Morgan fingerprint density at radius 2 is 1.77 bits per heavy atom. The number of rotatable bonds is 3. The minimum atomic E-state index is -0.860. The average Bonchev–Trinajstić information content (AvgIpc) is 2.52. The van der Waals surface area contributed by atoms with Crippen LogP contribution in [0.3, 0.4) is 0 Å². The topological polar surface area (TPSA) is 38.8 Å². The van der Waals surface area contributed by atoms with Crippen LogP contribution in [-0.4, -0.2) is 18.6 Å². The SMILES string of the molecule is COc1ccc(CN2C(=O)C(C)(C)Oc3ccccc32)cc1. The van der Waals surface area contributed by atoms with E-state index in [9.17, 15) is 4.79 Å². The number of hydrogen-bond acceptors (Lipinski definition) is 3. The van der Waals surface area contributed by atoms with Crippen molar-refractivity contribution in [3.63, 3.8) is 0 Å².